The van der Waals surface area contributed by atoms with Gasteiger partial charge in [-0.15, -0.1) is 0 Å². The molecule has 0 saturated carbocycles. The molecule has 5 N–H and O–H groups in total. The molecule has 0 fully saturated rings. The molecule has 0 aromatic heterocycles. The minimum Gasteiger partial charge on any atom is -0.465 e. The highest BCUT2D eigenvalue weighted by molar-refractivity contribution is 7.70. The number of carbonyl (C=O) groups is 1. The van der Waals surface area contributed by atoms with Crippen LogP contribution in [0.3, 0.4) is 0 Å². The van der Waals surface area contributed by atoms with Gasteiger partial charge in [0.15, 0.2) is 0 Å². The van der Waals surface area contributed by atoms with Crippen molar-refractivity contribution in [3.63, 3.8) is 0 Å². The normalized spacial score (nSPS) is 13.0. The molecule has 1 amide bonds. The van der Waals surface area contributed by atoms with Gasteiger partial charge in [0.05, 0.1) is 0 Å². The number of hydrogen-bond acceptors (Lipinski definition) is 3. The fourth-order valence-electron chi connectivity index (χ4n) is 0.746. The van der Waals surface area contributed by atoms with Crippen LogP contribution in [-0.4, -0.2) is 48.2 Å². The molecule has 0 radical (unpaired) electrons. The first-order chi connectivity index (χ1) is 5.98. The molecule has 0 heterocycles. The number of rotatable bonds is 3. The Hall–Kier alpha value is -0.430. The first kappa shape index (κ1) is 13.6. The molecule has 0 spiro atoms. The molecule has 0 aliphatic rings. The van der Waals surface area contributed by atoms with Gasteiger partial charge in [0.25, 0.3) is 0 Å². The van der Waals surface area contributed by atoms with E-state index < -0.39 is 26.8 Å². The summed E-state index contributed by atoms with van der Waals surface area (Å²) in [7, 11) is -9.79. The SMILES string of the molecule is CN(C(=O)O)C(P(=O)(O)O)P(=O)(O)O. The third-order valence-electron chi connectivity index (χ3n) is 1.25. The zero-order valence-corrected chi connectivity index (χ0v) is 8.67. The third kappa shape index (κ3) is 3.38. The Labute approximate surface area is 78.3 Å². The van der Waals surface area contributed by atoms with E-state index in [-0.39, 0.29) is 4.90 Å². The molecule has 0 atom stereocenters. The summed E-state index contributed by atoms with van der Waals surface area (Å²) in [5.74, 6) is 0. The summed E-state index contributed by atoms with van der Waals surface area (Å²) in [5.41, 5.74) is -2.66. The van der Waals surface area contributed by atoms with Gasteiger partial charge in [-0.2, -0.15) is 0 Å². The first-order valence-corrected chi connectivity index (χ1v) is 6.40. The Kier molecular flexibility index (Phi) is 3.85. The second-order valence-corrected chi connectivity index (χ2v) is 6.16. The van der Waals surface area contributed by atoms with Crippen LogP contribution >= 0.6 is 15.2 Å². The van der Waals surface area contributed by atoms with Crippen molar-refractivity contribution in [1.29, 1.82) is 0 Å². The van der Waals surface area contributed by atoms with E-state index in [0.29, 0.717) is 7.05 Å². The van der Waals surface area contributed by atoms with Gasteiger partial charge in [-0.1, -0.05) is 0 Å². The van der Waals surface area contributed by atoms with Gasteiger partial charge < -0.3 is 24.7 Å². The van der Waals surface area contributed by atoms with Crippen LogP contribution in [0.15, 0.2) is 0 Å². The number of amides is 1. The lowest BCUT2D eigenvalue weighted by Gasteiger charge is -2.26. The van der Waals surface area contributed by atoms with Crippen LogP contribution in [-0.2, 0) is 9.13 Å². The molecule has 0 aliphatic carbocycles. The third-order valence-corrected chi connectivity index (χ3v) is 4.95. The fraction of sp³-hybridized carbons (Fsp3) is 0.667. The number of carboxylic acid groups (broad SMARTS) is 1. The highest BCUT2D eigenvalue weighted by Crippen LogP contribution is 2.60. The molecule has 0 saturated heterocycles. The maximum atomic E-state index is 10.6. The lowest BCUT2D eigenvalue weighted by atomic mass is 10.9. The Morgan fingerprint density at radius 2 is 1.43 bits per heavy atom. The van der Waals surface area contributed by atoms with Gasteiger partial charge in [0.1, 0.15) is 0 Å². The smallest absolute Gasteiger partial charge is 0.408 e. The van der Waals surface area contributed by atoms with Crippen LogP contribution in [0.1, 0.15) is 0 Å². The Morgan fingerprint density at radius 1 is 1.14 bits per heavy atom. The maximum Gasteiger partial charge on any atom is 0.408 e. The average Bonchev–Trinajstić information content (AvgIpc) is 1.79. The summed E-state index contributed by atoms with van der Waals surface area (Å²) in [6.07, 6.45) is -1.85. The lowest BCUT2D eigenvalue weighted by Crippen LogP contribution is -2.35. The largest absolute Gasteiger partial charge is 0.465 e. The molecular weight excluding hydrogens is 240 g/mol. The molecule has 11 heteroatoms. The van der Waals surface area contributed by atoms with Crippen molar-refractivity contribution in [2.75, 3.05) is 7.05 Å². The first-order valence-electron chi connectivity index (χ1n) is 3.04. The zero-order chi connectivity index (χ0) is 11.7. The Balaban J connectivity index is 5.25. The predicted octanol–water partition coefficient (Wildman–Crippen LogP) is -0.765. The van der Waals surface area contributed by atoms with Crippen LogP contribution in [0, 0.1) is 0 Å². The quantitative estimate of drug-likeness (QED) is 0.408. The highest BCUT2D eigenvalue weighted by Gasteiger charge is 2.48. The van der Waals surface area contributed by atoms with E-state index in [1.54, 1.807) is 0 Å². The monoisotopic (exact) mass is 249 g/mol. The summed E-state index contributed by atoms with van der Waals surface area (Å²) in [6, 6.07) is 0. The molecule has 0 aliphatic heterocycles. The van der Waals surface area contributed by atoms with E-state index in [0.717, 1.165) is 0 Å². The van der Waals surface area contributed by atoms with Gasteiger partial charge >= 0.3 is 21.3 Å². The average molecular weight is 249 g/mol. The van der Waals surface area contributed by atoms with Crippen LogP contribution in [0.5, 0.6) is 0 Å². The second-order valence-electron chi connectivity index (χ2n) is 2.42. The minimum atomic E-state index is -5.23. The van der Waals surface area contributed by atoms with E-state index >= 15 is 0 Å². The van der Waals surface area contributed by atoms with Gasteiger partial charge in [-0.3, -0.25) is 14.0 Å². The number of hydrogen-bond donors (Lipinski definition) is 5. The summed E-state index contributed by atoms with van der Waals surface area (Å²) >= 11 is 0. The summed E-state index contributed by atoms with van der Waals surface area (Å²) in [4.78, 5) is 44.3. The van der Waals surface area contributed by atoms with Crippen LogP contribution in [0.4, 0.5) is 4.79 Å². The number of nitrogens with zero attached hydrogens (tertiary/aromatic N) is 1. The minimum absolute atomic E-state index is 0.110. The van der Waals surface area contributed by atoms with E-state index in [9.17, 15) is 13.9 Å². The maximum absolute atomic E-state index is 10.6. The molecule has 84 valence electrons. The van der Waals surface area contributed by atoms with Crippen LogP contribution < -0.4 is 0 Å². The predicted molar refractivity (Wildman–Crippen MR) is 43.7 cm³/mol. The summed E-state index contributed by atoms with van der Waals surface area (Å²) in [5, 5.41) is 8.32. The van der Waals surface area contributed by atoms with Crippen molar-refractivity contribution in [1.82, 2.24) is 4.90 Å². The molecule has 0 bridgehead atoms. The Bertz CT molecular complexity index is 293. The van der Waals surface area contributed by atoms with Crippen LogP contribution in [0.2, 0.25) is 0 Å². The van der Waals surface area contributed by atoms with Gasteiger partial charge in [-0.05, 0) is 0 Å². The molecule has 0 aromatic carbocycles. The molecule has 14 heavy (non-hydrogen) atoms. The molecule has 0 aromatic rings. The lowest BCUT2D eigenvalue weighted by molar-refractivity contribution is 0.150. The summed E-state index contributed by atoms with van der Waals surface area (Å²) < 4.78 is 21.2. The van der Waals surface area contributed by atoms with Crippen molar-refractivity contribution in [3.05, 3.63) is 0 Å². The van der Waals surface area contributed by atoms with Crippen molar-refractivity contribution in [2.24, 2.45) is 0 Å². The molecule has 9 nitrogen and oxygen atoms in total. The Morgan fingerprint density at radius 3 is 1.50 bits per heavy atom. The summed E-state index contributed by atoms with van der Waals surface area (Å²) in [6.45, 7) is 0. The van der Waals surface area contributed by atoms with Crippen molar-refractivity contribution in [3.8, 4) is 0 Å². The van der Waals surface area contributed by atoms with Gasteiger partial charge in [0, 0.05) is 7.05 Å². The molecular formula is C3H9NO8P2. The second kappa shape index (κ2) is 3.98. The topological polar surface area (TPSA) is 156 Å². The standard InChI is InChI=1S/C3H9NO8P2/c1-4(2(5)6)3(13(7,8)9)14(10,11)12/h3H,1H3,(H,5,6)(H2,7,8,9)(H2,10,11,12). The van der Waals surface area contributed by atoms with Crippen molar-refractivity contribution in [2.45, 2.75) is 5.52 Å². The highest BCUT2D eigenvalue weighted by atomic mass is 31.2. The van der Waals surface area contributed by atoms with E-state index in [1.807, 2.05) is 0 Å². The van der Waals surface area contributed by atoms with E-state index in [1.165, 1.54) is 0 Å². The zero-order valence-electron chi connectivity index (χ0n) is 6.88. The van der Waals surface area contributed by atoms with Gasteiger partial charge in [0.2, 0.25) is 5.52 Å². The van der Waals surface area contributed by atoms with E-state index in [4.69, 9.17) is 24.7 Å². The van der Waals surface area contributed by atoms with Crippen LogP contribution in [0.25, 0.3) is 0 Å². The molecule has 0 rings (SSSR count). The van der Waals surface area contributed by atoms with Crippen molar-refractivity contribution < 1.29 is 38.6 Å². The fourth-order valence-corrected chi connectivity index (χ4v) is 3.41. The van der Waals surface area contributed by atoms with Crippen molar-refractivity contribution >= 4 is 21.3 Å². The molecule has 0 unspecified atom stereocenters. The van der Waals surface area contributed by atoms with Gasteiger partial charge in [-0.25, -0.2) is 4.79 Å². The van der Waals surface area contributed by atoms with E-state index in [2.05, 4.69) is 0 Å².